The van der Waals surface area contributed by atoms with Crippen LogP contribution in [-0.2, 0) is 26.2 Å². The first kappa shape index (κ1) is 22.3. The van der Waals surface area contributed by atoms with Crippen molar-refractivity contribution in [1.29, 1.82) is 0 Å². The highest BCUT2D eigenvalue weighted by Crippen LogP contribution is 2.25. The van der Waals surface area contributed by atoms with Crippen LogP contribution in [-0.4, -0.2) is 36.7 Å². The molecule has 11 heteroatoms. The van der Waals surface area contributed by atoms with Crippen LogP contribution in [0.25, 0.3) is 0 Å². The Bertz CT molecular complexity index is 1230. The van der Waals surface area contributed by atoms with Gasteiger partial charge in [0.15, 0.2) is 5.13 Å². The molecule has 4 rings (SSSR count). The van der Waals surface area contributed by atoms with E-state index in [4.69, 9.17) is 11.6 Å². The Morgan fingerprint density at radius 2 is 1.94 bits per heavy atom. The summed E-state index contributed by atoms with van der Waals surface area (Å²) in [6.45, 7) is 0.640. The molecular weight excluding hydrogens is 472 g/mol. The van der Waals surface area contributed by atoms with E-state index in [1.165, 1.54) is 41.8 Å². The third-order valence-electron chi connectivity index (χ3n) is 4.99. The van der Waals surface area contributed by atoms with E-state index in [0.29, 0.717) is 23.8 Å². The lowest BCUT2D eigenvalue weighted by molar-refractivity contribution is -0.128. The number of halogens is 1. The first-order chi connectivity index (χ1) is 15.3. The van der Waals surface area contributed by atoms with Crippen LogP contribution in [0, 0.1) is 5.92 Å². The highest BCUT2D eigenvalue weighted by molar-refractivity contribution is 7.93. The Balaban J connectivity index is 1.37. The number of benzene rings is 2. The molecular formula is C21H19ClN4O4S2. The van der Waals surface area contributed by atoms with Gasteiger partial charge in [0.05, 0.1) is 10.8 Å². The third-order valence-corrected chi connectivity index (χ3v) is 7.53. The molecule has 2 aromatic carbocycles. The maximum Gasteiger partial charge on any atom is 0.263 e. The molecule has 0 radical (unpaired) electrons. The molecule has 1 fully saturated rings. The monoisotopic (exact) mass is 490 g/mol. The summed E-state index contributed by atoms with van der Waals surface area (Å²) in [5, 5.41) is 5.27. The average Bonchev–Trinajstić information content (AvgIpc) is 3.39. The van der Waals surface area contributed by atoms with Crippen molar-refractivity contribution in [1.82, 2.24) is 9.88 Å². The van der Waals surface area contributed by atoms with Gasteiger partial charge in [-0.1, -0.05) is 29.8 Å². The SMILES string of the molecule is O=C(Nc1ccc(S(=O)(=O)Nc2nccs2)cc1)[C@H]1CC(=O)N(Cc2ccccc2Cl)C1. The Hall–Kier alpha value is -2.95. The van der Waals surface area contributed by atoms with Crippen molar-refractivity contribution >= 4 is 55.6 Å². The lowest BCUT2D eigenvalue weighted by Gasteiger charge is -2.17. The van der Waals surface area contributed by atoms with Crippen molar-refractivity contribution in [2.24, 2.45) is 5.92 Å². The number of rotatable bonds is 7. The van der Waals surface area contributed by atoms with Crippen molar-refractivity contribution in [3.8, 4) is 0 Å². The van der Waals surface area contributed by atoms with Gasteiger partial charge >= 0.3 is 0 Å². The van der Waals surface area contributed by atoms with Gasteiger partial charge in [-0.25, -0.2) is 13.4 Å². The summed E-state index contributed by atoms with van der Waals surface area (Å²) in [5.41, 5.74) is 1.27. The summed E-state index contributed by atoms with van der Waals surface area (Å²) >= 11 is 7.35. The van der Waals surface area contributed by atoms with Crippen LogP contribution >= 0.6 is 22.9 Å². The van der Waals surface area contributed by atoms with Crippen LogP contribution in [0.15, 0.2) is 65.0 Å². The molecule has 0 aliphatic carbocycles. The van der Waals surface area contributed by atoms with Crippen LogP contribution < -0.4 is 10.0 Å². The van der Waals surface area contributed by atoms with Crippen LogP contribution in [0.5, 0.6) is 0 Å². The van der Waals surface area contributed by atoms with Crippen molar-refractivity contribution in [2.75, 3.05) is 16.6 Å². The van der Waals surface area contributed by atoms with Crippen molar-refractivity contribution in [2.45, 2.75) is 17.9 Å². The predicted molar refractivity (Wildman–Crippen MR) is 123 cm³/mol. The first-order valence-corrected chi connectivity index (χ1v) is 12.4. The van der Waals surface area contributed by atoms with Crippen molar-refractivity contribution in [3.05, 3.63) is 70.7 Å². The van der Waals surface area contributed by atoms with E-state index in [0.717, 1.165) is 5.56 Å². The zero-order chi connectivity index (χ0) is 22.7. The number of hydrogen-bond donors (Lipinski definition) is 2. The number of hydrogen-bond acceptors (Lipinski definition) is 6. The van der Waals surface area contributed by atoms with Crippen LogP contribution in [0.2, 0.25) is 5.02 Å². The molecule has 2 amide bonds. The fourth-order valence-electron chi connectivity index (χ4n) is 3.34. The Morgan fingerprint density at radius 1 is 1.19 bits per heavy atom. The minimum atomic E-state index is -3.77. The molecule has 1 aromatic heterocycles. The van der Waals surface area contributed by atoms with Gasteiger partial charge in [-0.05, 0) is 35.9 Å². The molecule has 0 unspecified atom stereocenters. The molecule has 32 heavy (non-hydrogen) atoms. The molecule has 2 heterocycles. The summed E-state index contributed by atoms with van der Waals surface area (Å²) in [7, 11) is -3.77. The highest BCUT2D eigenvalue weighted by atomic mass is 35.5. The Kier molecular flexibility index (Phi) is 6.45. The van der Waals surface area contributed by atoms with E-state index in [1.807, 2.05) is 18.2 Å². The van der Waals surface area contributed by atoms with Gasteiger partial charge in [0, 0.05) is 41.8 Å². The quantitative estimate of drug-likeness (QED) is 0.526. The third kappa shape index (κ3) is 5.09. The van der Waals surface area contributed by atoms with Gasteiger partial charge in [-0.3, -0.25) is 14.3 Å². The van der Waals surface area contributed by atoms with Crippen LogP contribution in [0.3, 0.4) is 0 Å². The number of likely N-dealkylation sites (tertiary alicyclic amines) is 1. The zero-order valence-corrected chi connectivity index (χ0v) is 19.1. The molecule has 0 spiro atoms. The lowest BCUT2D eigenvalue weighted by atomic mass is 10.1. The average molecular weight is 491 g/mol. The summed E-state index contributed by atoms with van der Waals surface area (Å²) in [5.74, 6) is -0.906. The van der Waals surface area contributed by atoms with Gasteiger partial charge in [-0.15, -0.1) is 11.3 Å². The normalized spacial score (nSPS) is 16.2. The summed E-state index contributed by atoms with van der Waals surface area (Å²) in [4.78, 5) is 30.6. The van der Waals surface area contributed by atoms with E-state index in [-0.39, 0.29) is 28.3 Å². The number of sulfonamides is 1. The number of nitrogens with one attached hydrogen (secondary N) is 2. The van der Waals surface area contributed by atoms with Gasteiger partial charge in [-0.2, -0.15) is 0 Å². The fourth-order valence-corrected chi connectivity index (χ4v) is 5.33. The number of thiazole rings is 1. The van der Waals surface area contributed by atoms with Crippen molar-refractivity contribution < 1.29 is 18.0 Å². The maximum atomic E-state index is 12.7. The molecule has 1 aliphatic rings. The van der Waals surface area contributed by atoms with E-state index in [2.05, 4.69) is 15.0 Å². The smallest absolute Gasteiger partial charge is 0.263 e. The van der Waals surface area contributed by atoms with E-state index >= 15 is 0 Å². The molecule has 0 bridgehead atoms. The number of nitrogens with zero attached hydrogens (tertiary/aromatic N) is 2. The van der Waals surface area contributed by atoms with Gasteiger partial charge in [0.1, 0.15) is 0 Å². The van der Waals surface area contributed by atoms with Crippen LogP contribution in [0.4, 0.5) is 10.8 Å². The highest BCUT2D eigenvalue weighted by Gasteiger charge is 2.34. The van der Waals surface area contributed by atoms with Crippen molar-refractivity contribution in [3.63, 3.8) is 0 Å². The van der Waals surface area contributed by atoms with Crippen LogP contribution in [0.1, 0.15) is 12.0 Å². The second-order valence-corrected chi connectivity index (χ2v) is 10.2. The number of carbonyl (C=O) groups excluding carboxylic acids is 2. The Morgan fingerprint density at radius 3 is 2.62 bits per heavy atom. The Labute approximate surface area is 194 Å². The molecule has 1 aliphatic heterocycles. The molecule has 3 aromatic rings. The number of amides is 2. The number of anilines is 2. The summed E-state index contributed by atoms with van der Waals surface area (Å²) < 4.78 is 27.2. The molecule has 2 N–H and O–H groups in total. The van der Waals surface area contributed by atoms with Gasteiger partial charge in [0.25, 0.3) is 10.0 Å². The second-order valence-electron chi connectivity index (χ2n) is 7.22. The van der Waals surface area contributed by atoms with Gasteiger partial charge < -0.3 is 10.2 Å². The minimum absolute atomic E-state index is 0.0488. The molecule has 1 saturated heterocycles. The topological polar surface area (TPSA) is 108 Å². The minimum Gasteiger partial charge on any atom is -0.337 e. The maximum absolute atomic E-state index is 12.7. The number of aromatic nitrogens is 1. The largest absolute Gasteiger partial charge is 0.337 e. The fraction of sp³-hybridized carbons (Fsp3) is 0.190. The summed E-state index contributed by atoms with van der Waals surface area (Å²) in [6.07, 6.45) is 1.62. The summed E-state index contributed by atoms with van der Waals surface area (Å²) in [6, 6.07) is 13.1. The number of carbonyl (C=O) groups is 2. The first-order valence-electron chi connectivity index (χ1n) is 9.66. The molecule has 1 atom stereocenters. The lowest BCUT2D eigenvalue weighted by Crippen LogP contribution is -2.28. The standard InChI is InChI=1S/C21H19ClN4O4S2/c22-18-4-2-1-3-14(18)12-26-13-15(11-19(26)27)20(28)24-16-5-7-17(8-6-16)32(29,30)25-21-23-9-10-31-21/h1-10,15H,11-13H2,(H,23,25)(H,24,28)/t15-/m0/s1. The molecule has 166 valence electrons. The molecule has 0 saturated carbocycles. The second kappa shape index (κ2) is 9.27. The predicted octanol–water partition coefficient (Wildman–Crippen LogP) is 3.58. The van der Waals surface area contributed by atoms with E-state index < -0.39 is 15.9 Å². The van der Waals surface area contributed by atoms with E-state index in [9.17, 15) is 18.0 Å². The van der Waals surface area contributed by atoms with E-state index in [1.54, 1.807) is 16.3 Å². The molecule has 8 nitrogen and oxygen atoms in total. The van der Waals surface area contributed by atoms with Gasteiger partial charge in [0.2, 0.25) is 11.8 Å². The zero-order valence-electron chi connectivity index (χ0n) is 16.7.